The van der Waals surface area contributed by atoms with Gasteiger partial charge in [0, 0.05) is 24.9 Å². The first-order chi connectivity index (χ1) is 10.8. The molecule has 1 aromatic heterocycles. The molecule has 2 heterocycles. The van der Waals surface area contributed by atoms with Crippen molar-refractivity contribution in [2.75, 3.05) is 6.54 Å². The fourth-order valence-corrected chi connectivity index (χ4v) is 2.45. The highest BCUT2D eigenvalue weighted by molar-refractivity contribution is 6.05. The van der Waals surface area contributed by atoms with Crippen LogP contribution in [-0.2, 0) is 16.1 Å². The van der Waals surface area contributed by atoms with E-state index in [1.165, 1.54) is 4.90 Å². The Balaban J connectivity index is 2.12. The third-order valence-electron chi connectivity index (χ3n) is 3.42. The second-order valence-electron chi connectivity index (χ2n) is 6.75. The highest BCUT2D eigenvalue weighted by atomic mass is 16.6. The summed E-state index contributed by atoms with van der Waals surface area (Å²) in [4.78, 5) is 30.1. The molecule has 1 fully saturated rings. The molecule has 1 aliphatic heterocycles. The molecule has 1 saturated heterocycles. The van der Waals surface area contributed by atoms with E-state index < -0.39 is 11.7 Å². The normalized spacial score (nSPS) is 17.7. The average molecular weight is 319 g/mol. The van der Waals surface area contributed by atoms with E-state index >= 15 is 0 Å². The molecule has 0 aromatic carbocycles. The molecule has 2 rings (SSSR count). The predicted molar refractivity (Wildman–Crippen MR) is 87.7 cm³/mol. The zero-order valence-corrected chi connectivity index (χ0v) is 14.3. The first-order valence-electron chi connectivity index (χ1n) is 8.07. The Hall–Kier alpha value is -2.11. The number of carbonyl (C=O) groups excluding carboxylic acids is 2. The Morgan fingerprint density at radius 2 is 2.17 bits per heavy atom. The monoisotopic (exact) mass is 319 g/mol. The molecule has 6 nitrogen and oxygen atoms in total. The van der Waals surface area contributed by atoms with Crippen molar-refractivity contribution in [1.82, 2.24) is 14.5 Å². The summed E-state index contributed by atoms with van der Waals surface area (Å²) in [5.41, 5.74) is 0.731. The minimum Gasteiger partial charge on any atom is -0.443 e. The highest BCUT2D eigenvalue weighted by Crippen LogP contribution is 2.22. The summed E-state index contributed by atoms with van der Waals surface area (Å²) >= 11 is 0. The number of imidazole rings is 1. The first-order valence-corrected chi connectivity index (χ1v) is 8.07. The van der Waals surface area contributed by atoms with Gasteiger partial charge in [-0.2, -0.15) is 0 Å². The molecule has 23 heavy (non-hydrogen) atoms. The lowest BCUT2D eigenvalue weighted by Gasteiger charge is -2.29. The Morgan fingerprint density at radius 3 is 2.83 bits per heavy atom. The van der Waals surface area contributed by atoms with Crippen molar-refractivity contribution in [3.05, 3.63) is 23.8 Å². The van der Waals surface area contributed by atoms with E-state index in [4.69, 9.17) is 4.74 Å². The minimum atomic E-state index is -0.613. The van der Waals surface area contributed by atoms with E-state index in [1.54, 1.807) is 33.2 Å². The van der Waals surface area contributed by atoms with Gasteiger partial charge < -0.3 is 9.30 Å². The fourth-order valence-electron chi connectivity index (χ4n) is 2.45. The summed E-state index contributed by atoms with van der Waals surface area (Å²) < 4.78 is 7.29. The van der Waals surface area contributed by atoms with Crippen LogP contribution in [0.25, 0.3) is 6.08 Å². The number of imide groups is 1. The highest BCUT2D eigenvalue weighted by Gasteiger charge is 2.31. The lowest BCUT2D eigenvalue weighted by Crippen LogP contribution is -2.44. The van der Waals surface area contributed by atoms with Crippen molar-refractivity contribution in [3.8, 4) is 0 Å². The van der Waals surface area contributed by atoms with Crippen molar-refractivity contribution in [2.24, 2.45) is 0 Å². The predicted octanol–water partition coefficient (Wildman–Crippen LogP) is 3.23. The number of rotatable bonds is 3. The molecule has 0 atom stereocenters. The summed E-state index contributed by atoms with van der Waals surface area (Å²) in [5.74, 6) is -0.282. The van der Waals surface area contributed by atoms with Gasteiger partial charge in [0.2, 0.25) is 0 Å². The zero-order chi connectivity index (χ0) is 17.0. The maximum absolute atomic E-state index is 12.5. The largest absolute Gasteiger partial charge is 0.443 e. The van der Waals surface area contributed by atoms with E-state index in [9.17, 15) is 9.59 Å². The van der Waals surface area contributed by atoms with Crippen LogP contribution in [0.1, 0.15) is 52.7 Å². The van der Waals surface area contributed by atoms with Crippen molar-refractivity contribution < 1.29 is 14.3 Å². The van der Waals surface area contributed by atoms with Crippen molar-refractivity contribution >= 4 is 18.1 Å². The van der Waals surface area contributed by atoms with E-state index in [-0.39, 0.29) is 5.91 Å². The van der Waals surface area contributed by atoms with Crippen LogP contribution in [0.15, 0.2) is 18.1 Å². The quantitative estimate of drug-likeness (QED) is 0.802. The van der Waals surface area contributed by atoms with Crippen molar-refractivity contribution in [3.63, 3.8) is 0 Å². The van der Waals surface area contributed by atoms with Gasteiger partial charge in [-0.1, -0.05) is 6.92 Å². The zero-order valence-electron chi connectivity index (χ0n) is 14.3. The van der Waals surface area contributed by atoms with Crippen molar-refractivity contribution in [2.45, 2.75) is 59.1 Å². The van der Waals surface area contributed by atoms with E-state index in [0.29, 0.717) is 18.5 Å². The molecule has 0 spiro atoms. The maximum atomic E-state index is 12.5. The van der Waals surface area contributed by atoms with E-state index in [0.717, 1.165) is 25.1 Å². The Labute approximate surface area is 137 Å². The Morgan fingerprint density at radius 1 is 1.43 bits per heavy atom. The summed E-state index contributed by atoms with van der Waals surface area (Å²) in [6, 6.07) is 0. The molecule has 0 aliphatic carbocycles. The van der Waals surface area contributed by atoms with Crippen molar-refractivity contribution in [1.29, 1.82) is 0 Å². The van der Waals surface area contributed by atoms with Crippen LogP contribution in [-0.4, -0.2) is 38.6 Å². The van der Waals surface area contributed by atoms with E-state index in [2.05, 4.69) is 11.9 Å². The molecule has 1 aromatic rings. The molecule has 0 unspecified atom stereocenters. The standard InChI is InChI=1S/C17H25N3O3/c1-5-8-19-11-14(18-12-19)10-13-7-6-9-20(15(13)21)16(22)23-17(2,3)4/h10-12H,5-9H2,1-4H3. The number of likely N-dealkylation sites (tertiary alicyclic amines) is 1. The molecule has 0 bridgehead atoms. The van der Waals surface area contributed by atoms with Crippen LogP contribution in [0.5, 0.6) is 0 Å². The van der Waals surface area contributed by atoms with Crippen LogP contribution in [0.3, 0.4) is 0 Å². The summed E-state index contributed by atoms with van der Waals surface area (Å²) in [6.07, 6.45) is 7.28. The second kappa shape index (κ2) is 6.98. The number of piperidine rings is 1. The summed E-state index contributed by atoms with van der Waals surface area (Å²) in [7, 11) is 0. The third-order valence-corrected chi connectivity index (χ3v) is 3.42. The lowest BCUT2D eigenvalue weighted by molar-refractivity contribution is -0.127. The first kappa shape index (κ1) is 17.2. The van der Waals surface area contributed by atoms with Crippen LogP contribution in [0.4, 0.5) is 4.79 Å². The molecule has 0 saturated carbocycles. The third kappa shape index (κ3) is 4.68. The SMILES string of the molecule is CCCn1cnc(C=C2CCCN(C(=O)OC(C)(C)C)C2=O)c1. The molecule has 2 amide bonds. The molecular weight excluding hydrogens is 294 g/mol. The number of ether oxygens (including phenoxy) is 1. The summed E-state index contributed by atoms with van der Waals surface area (Å²) in [5, 5.41) is 0. The van der Waals surface area contributed by atoms with Crippen LogP contribution < -0.4 is 0 Å². The van der Waals surface area contributed by atoms with Gasteiger partial charge in [-0.15, -0.1) is 0 Å². The van der Waals surface area contributed by atoms with Crippen LogP contribution in [0, 0.1) is 0 Å². The number of hydrogen-bond donors (Lipinski definition) is 0. The number of hydrogen-bond acceptors (Lipinski definition) is 4. The van der Waals surface area contributed by atoms with Crippen LogP contribution in [0.2, 0.25) is 0 Å². The fraction of sp³-hybridized carbons (Fsp3) is 0.588. The number of nitrogens with zero attached hydrogens (tertiary/aromatic N) is 3. The number of aryl methyl sites for hydroxylation is 1. The molecular formula is C17H25N3O3. The summed E-state index contributed by atoms with van der Waals surface area (Å²) in [6.45, 7) is 8.76. The van der Waals surface area contributed by atoms with Gasteiger partial charge in [0.1, 0.15) is 5.60 Å². The molecule has 0 radical (unpaired) electrons. The van der Waals surface area contributed by atoms with Gasteiger partial charge in [-0.05, 0) is 46.1 Å². The molecule has 6 heteroatoms. The van der Waals surface area contributed by atoms with Gasteiger partial charge in [0.05, 0.1) is 12.0 Å². The lowest BCUT2D eigenvalue weighted by atomic mass is 10.0. The Kier molecular flexibility index (Phi) is 5.23. The van der Waals surface area contributed by atoms with Gasteiger partial charge in [0.25, 0.3) is 5.91 Å². The average Bonchev–Trinajstić information content (AvgIpc) is 2.87. The van der Waals surface area contributed by atoms with Crippen LogP contribution >= 0.6 is 0 Å². The minimum absolute atomic E-state index is 0.282. The number of amides is 2. The topological polar surface area (TPSA) is 64.4 Å². The maximum Gasteiger partial charge on any atom is 0.417 e. The van der Waals surface area contributed by atoms with E-state index in [1.807, 2.05) is 10.8 Å². The van der Waals surface area contributed by atoms with Gasteiger partial charge in [-0.25, -0.2) is 14.7 Å². The Bertz CT molecular complexity index is 611. The molecule has 126 valence electrons. The van der Waals surface area contributed by atoms with Gasteiger partial charge in [-0.3, -0.25) is 4.79 Å². The molecule has 0 N–H and O–H groups in total. The molecule has 1 aliphatic rings. The van der Waals surface area contributed by atoms with Gasteiger partial charge in [0.15, 0.2) is 0 Å². The second-order valence-corrected chi connectivity index (χ2v) is 6.75. The number of aromatic nitrogens is 2. The van der Waals surface area contributed by atoms with Gasteiger partial charge >= 0.3 is 6.09 Å². The number of carbonyl (C=O) groups is 2. The smallest absolute Gasteiger partial charge is 0.417 e.